The minimum Gasteiger partial charge on any atom is -0.481 e. The third kappa shape index (κ3) is 7.40. The number of fused-ring (bicyclic) bond motifs is 1. The predicted molar refractivity (Wildman–Crippen MR) is 199 cm³/mol. The van der Waals surface area contributed by atoms with E-state index in [1.807, 2.05) is 60.8 Å². The molecule has 4 heterocycles. The number of methoxy groups -OCH3 is 1. The number of aromatic nitrogens is 4. The van der Waals surface area contributed by atoms with Gasteiger partial charge in [-0.2, -0.15) is 5.10 Å². The standard InChI is InChI=1S/C38H41Cl2N7O4/c1-46-33(20-42-24-10-13-26(48)14-11-24)45-47-21-23(17-32(47)38(46)50)27-5-3-6-28(35(27)39)29-7-4-8-30(36(29)40)31-15-9-22(37(44-31)51-2)18-41-19-25-12-16-34(49)43-25/h3-9,15,17,21,24-26,41-42,48H,10-14,16,18-20H2,1-2H3,(H,43,49)/t24-,25-,26-/m0/s1. The van der Waals surface area contributed by atoms with Crippen molar-refractivity contribution in [3.8, 4) is 39.4 Å². The molecule has 0 spiro atoms. The predicted octanol–water partition coefficient (Wildman–Crippen LogP) is 5.51. The monoisotopic (exact) mass is 729 g/mol. The van der Waals surface area contributed by atoms with E-state index >= 15 is 0 Å². The molecule has 3 aromatic heterocycles. The first-order valence-electron chi connectivity index (χ1n) is 17.3. The average Bonchev–Trinajstić information content (AvgIpc) is 3.76. The van der Waals surface area contributed by atoms with Crippen LogP contribution in [0.2, 0.25) is 10.0 Å². The van der Waals surface area contributed by atoms with Gasteiger partial charge >= 0.3 is 0 Å². The molecule has 13 heteroatoms. The summed E-state index contributed by atoms with van der Waals surface area (Å²) < 4.78 is 8.86. The van der Waals surface area contributed by atoms with Crippen LogP contribution >= 0.6 is 23.2 Å². The molecule has 0 bridgehead atoms. The Morgan fingerprint density at radius 3 is 2.35 bits per heavy atom. The number of ether oxygens (including phenoxy) is 1. The maximum absolute atomic E-state index is 13.4. The van der Waals surface area contributed by atoms with E-state index in [1.54, 1.807) is 23.2 Å². The van der Waals surface area contributed by atoms with Gasteiger partial charge in [-0.25, -0.2) is 9.50 Å². The number of aliphatic hydroxyl groups is 1. The molecule has 4 N–H and O–H groups in total. The summed E-state index contributed by atoms with van der Waals surface area (Å²) in [4.78, 5) is 29.7. The maximum Gasteiger partial charge on any atom is 0.277 e. The Morgan fingerprint density at radius 1 is 0.941 bits per heavy atom. The van der Waals surface area contributed by atoms with Gasteiger partial charge in [-0.15, -0.1) is 0 Å². The quantitative estimate of drug-likeness (QED) is 0.140. The fourth-order valence-electron chi connectivity index (χ4n) is 7.03. The summed E-state index contributed by atoms with van der Waals surface area (Å²) in [6.45, 7) is 1.66. The molecule has 5 aromatic rings. The number of hydrogen-bond acceptors (Lipinski definition) is 8. The van der Waals surface area contributed by atoms with Gasteiger partial charge in [0, 0.05) is 78.2 Å². The minimum atomic E-state index is -0.225. The van der Waals surface area contributed by atoms with Gasteiger partial charge in [0.25, 0.3) is 5.56 Å². The van der Waals surface area contributed by atoms with Crippen LogP contribution in [0.25, 0.3) is 39.0 Å². The van der Waals surface area contributed by atoms with Gasteiger partial charge in [0.2, 0.25) is 11.8 Å². The highest BCUT2D eigenvalue weighted by Crippen LogP contribution is 2.42. The van der Waals surface area contributed by atoms with E-state index in [2.05, 4.69) is 16.0 Å². The Labute approximate surface area is 306 Å². The van der Waals surface area contributed by atoms with E-state index in [0.717, 1.165) is 65.5 Å². The first kappa shape index (κ1) is 35.2. The summed E-state index contributed by atoms with van der Waals surface area (Å²) in [6.07, 6.45) is 6.35. The molecule has 2 fully saturated rings. The van der Waals surface area contributed by atoms with Crippen molar-refractivity contribution < 1.29 is 14.6 Å². The lowest BCUT2D eigenvalue weighted by molar-refractivity contribution is -0.119. The summed E-state index contributed by atoms with van der Waals surface area (Å²) in [7, 11) is 3.33. The zero-order chi connectivity index (χ0) is 35.6. The molecule has 0 radical (unpaired) electrons. The van der Waals surface area contributed by atoms with E-state index in [1.165, 1.54) is 0 Å². The van der Waals surface area contributed by atoms with Crippen molar-refractivity contribution in [2.75, 3.05) is 13.7 Å². The topological polar surface area (TPSA) is 135 Å². The van der Waals surface area contributed by atoms with Crippen molar-refractivity contribution in [3.05, 3.63) is 92.6 Å². The van der Waals surface area contributed by atoms with Crippen molar-refractivity contribution in [3.63, 3.8) is 0 Å². The molecule has 1 atom stereocenters. The maximum atomic E-state index is 13.4. The lowest BCUT2D eigenvalue weighted by Crippen LogP contribution is -2.36. The summed E-state index contributed by atoms with van der Waals surface area (Å²) in [5.41, 5.74) is 5.57. The second kappa shape index (κ2) is 15.1. The molecule has 11 nitrogen and oxygen atoms in total. The number of nitrogens with zero attached hydrogens (tertiary/aromatic N) is 4. The van der Waals surface area contributed by atoms with E-state index in [0.29, 0.717) is 59.0 Å². The van der Waals surface area contributed by atoms with Gasteiger partial charge in [-0.05, 0) is 44.2 Å². The van der Waals surface area contributed by atoms with Crippen LogP contribution in [0.15, 0.2) is 65.6 Å². The van der Waals surface area contributed by atoms with Crippen LogP contribution in [0.4, 0.5) is 0 Å². The third-order valence-electron chi connectivity index (χ3n) is 9.98. The fourth-order valence-corrected chi connectivity index (χ4v) is 7.70. The molecule has 51 heavy (non-hydrogen) atoms. The molecule has 2 aliphatic rings. The van der Waals surface area contributed by atoms with Crippen molar-refractivity contribution in [2.24, 2.45) is 7.05 Å². The number of halogens is 2. The lowest BCUT2D eigenvalue weighted by atomic mass is 9.93. The average molecular weight is 731 g/mol. The molecule has 1 aliphatic heterocycles. The Kier molecular flexibility index (Phi) is 10.4. The van der Waals surface area contributed by atoms with E-state index < -0.39 is 0 Å². The number of benzene rings is 2. The summed E-state index contributed by atoms with van der Waals surface area (Å²) in [6, 6.07) is 17.6. The number of hydrogen-bond donors (Lipinski definition) is 4. The van der Waals surface area contributed by atoms with E-state index in [9.17, 15) is 14.7 Å². The molecule has 0 unspecified atom stereocenters. The molecule has 266 valence electrons. The van der Waals surface area contributed by atoms with Crippen LogP contribution in [0.3, 0.4) is 0 Å². The highest BCUT2D eigenvalue weighted by atomic mass is 35.5. The Morgan fingerprint density at radius 2 is 1.65 bits per heavy atom. The summed E-state index contributed by atoms with van der Waals surface area (Å²) >= 11 is 14.2. The Bertz CT molecular complexity index is 2140. The van der Waals surface area contributed by atoms with Gasteiger partial charge in [0.1, 0.15) is 11.3 Å². The van der Waals surface area contributed by atoms with Gasteiger partial charge in [0.05, 0.1) is 35.5 Å². The number of carbonyl (C=O) groups excluding carboxylic acids is 1. The fraction of sp³-hybridized carbons (Fsp3) is 0.368. The first-order chi connectivity index (χ1) is 24.7. The van der Waals surface area contributed by atoms with Crippen LogP contribution in [0, 0.1) is 0 Å². The summed E-state index contributed by atoms with van der Waals surface area (Å²) in [5, 5.41) is 25.5. The van der Waals surface area contributed by atoms with Gasteiger partial charge in [-0.1, -0.05) is 65.7 Å². The molecule has 7 rings (SSSR count). The smallest absolute Gasteiger partial charge is 0.277 e. The number of pyridine rings is 1. The summed E-state index contributed by atoms with van der Waals surface area (Å²) in [5.74, 6) is 1.21. The lowest BCUT2D eigenvalue weighted by Gasteiger charge is -2.26. The van der Waals surface area contributed by atoms with Crippen molar-refractivity contribution >= 4 is 34.6 Å². The SMILES string of the molecule is COc1nc(-c2cccc(-c3cccc(-c4cc5c(=O)n(C)c(CN[C@H]6CC[C@H](O)CC6)nn5c4)c3Cl)c2Cl)ccc1CNC[C@@H]1CCC(=O)N1. The Hall–Kier alpha value is -4.26. The van der Waals surface area contributed by atoms with Crippen LogP contribution in [0.1, 0.15) is 49.9 Å². The van der Waals surface area contributed by atoms with Gasteiger partial charge in [-0.3, -0.25) is 14.2 Å². The first-order valence-corrected chi connectivity index (χ1v) is 18.1. The van der Waals surface area contributed by atoms with Crippen molar-refractivity contribution in [1.82, 2.24) is 35.1 Å². The van der Waals surface area contributed by atoms with Gasteiger partial charge < -0.3 is 25.8 Å². The number of nitrogens with one attached hydrogen (secondary N) is 3. The molecule has 1 saturated carbocycles. The van der Waals surface area contributed by atoms with Crippen molar-refractivity contribution in [2.45, 2.75) is 69.8 Å². The number of amides is 1. The number of aliphatic hydroxyl groups excluding tert-OH is 1. The highest BCUT2D eigenvalue weighted by Gasteiger charge is 2.22. The zero-order valence-corrected chi connectivity index (χ0v) is 30.1. The molecular formula is C38H41Cl2N7O4. The largest absolute Gasteiger partial charge is 0.481 e. The Balaban J connectivity index is 1.13. The zero-order valence-electron chi connectivity index (χ0n) is 28.6. The van der Waals surface area contributed by atoms with Crippen LogP contribution in [-0.4, -0.2) is 62.0 Å². The molecule has 2 aromatic carbocycles. The molecule has 1 amide bonds. The van der Waals surface area contributed by atoms with Crippen molar-refractivity contribution in [1.29, 1.82) is 0 Å². The van der Waals surface area contributed by atoms with Gasteiger partial charge in [0.15, 0.2) is 0 Å². The van der Waals surface area contributed by atoms with Crippen LogP contribution < -0.4 is 26.2 Å². The minimum absolute atomic E-state index is 0.0937. The second-order valence-electron chi connectivity index (χ2n) is 13.4. The van der Waals surface area contributed by atoms with Crippen LogP contribution in [0.5, 0.6) is 5.88 Å². The molecule has 1 saturated heterocycles. The molecular weight excluding hydrogens is 689 g/mol. The number of rotatable bonds is 11. The van der Waals surface area contributed by atoms with Crippen LogP contribution in [-0.2, 0) is 24.9 Å². The molecule has 1 aliphatic carbocycles. The highest BCUT2D eigenvalue weighted by molar-refractivity contribution is 6.39. The third-order valence-corrected chi connectivity index (χ3v) is 10.8. The second-order valence-corrected chi connectivity index (χ2v) is 14.1. The number of carbonyl (C=O) groups is 1. The van der Waals surface area contributed by atoms with E-state index in [4.69, 9.17) is 38.0 Å². The van der Waals surface area contributed by atoms with E-state index in [-0.39, 0.29) is 29.7 Å². The normalized spacial score (nSPS) is 19.1.